The highest BCUT2D eigenvalue weighted by Gasteiger charge is 2.38. The number of rotatable bonds is 5. The third-order valence-corrected chi connectivity index (χ3v) is 5.74. The standard InChI is InChI=1S/C22H23N5O5S/c1-14(16-4-5-19(33)17(12-16)27(31)32)20(28)25-10-11-26(18(13-25)22(30)24(2)3)21(29)15-6-8-23-9-7-15/h4-9,12,18,33H,1,10-11,13H2,2-3H3. The Morgan fingerprint density at radius 2 is 1.82 bits per heavy atom. The highest BCUT2D eigenvalue weighted by atomic mass is 32.1. The molecule has 11 heteroatoms. The second-order valence-electron chi connectivity index (χ2n) is 7.67. The Labute approximate surface area is 196 Å². The van der Waals surface area contributed by atoms with E-state index >= 15 is 0 Å². The average molecular weight is 470 g/mol. The minimum Gasteiger partial charge on any atom is -0.347 e. The number of carbonyl (C=O) groups excluding carboxylic acids is 3. The van der Waals surface area contributed by atoms with Gasteiger partial charge in [-0.15, -0.1) is 12.6 Å². The van der Waals surface area contributed by atoms with E-state index in [0.29, 0.717) is 5.56 Å². The second kappa shape index (κ2) is 9.82. The predicted octanol–water partition coefficient (Wildman–Crippen LogP) is 1.73. The molecule has 1 aliphatic heterocycles. The summed E-state index contributed by atoms with van der Waals surface area (Å²) in [4.78, 5) is 58.0. The van der Waals surface area contributed by atoms with Crippen LogP contribution in [0.1, 0.15) is 15.9 Å². The number of thiol groups is 1. The highest BCUT2D eigenvalue weighted by Crippen LogP contribution is 2.28. The quantitative estimate of drug-likeness (QED) is 0.309. The maximum Gasteiger partial charge on any atom is 0.283 e. The van der Waals surface area contributed by atoms with Gasteiger partial charge < -0.3 is 14.7 Å². The van der Waals surface area contributed by atoms with Gasteiger partial charge >= 0.3 is 0 Å². The van der Waals surface area contributed by atoms with E-state index in [2.05, 4.69) is 24.2 Å². The van der Waals surface area contributed by atoms with Crippen LogP contribution in [0.3, 0.4) is 0 Å². The van der Waals surface area contributed by atoms with E-state index in [9.17, 15) is 24.5 Å². The number of benzene rings is 1. The van der Waals surface area contributed by atoms with Gasteiger partial charge in [-0.3, -0.25) is 29.5 Å². The van der Waals surface area contributed by atoms with Crippen molar-refractivity contribution in [2.24, 2.45) is 0 Å². The Kier molecular flexibility index (Phi) is 7.12. The lowest BCUT2D eigenvalue weighted by Gasteiger charge is -2.41. The van der Waals surface area contributed by atoms with Gasteiger partial charge in [0.05, 0.1) is 16.4 Å². The number of likely N-dealkylation sites (N-methyl/N-ethyl adjacent to an activating group) is 1. The molecule has 1 aromatic heterocycles. The van der Waals surface area contributed by atoms with Gasteiger partial charge in [0.25, 0.3) is 17.5 Å². The number of nitrogens with zero attached hydrogens (tertiary/aromatic N) is 5. The number of hydrogen-bond acceptors (Lipinski definition) is 7. The minimum absolute atomic E-state index is 0.0293. The molecule has 0 saturated carbocycles. The average Bonchev–Trinajstić information content (AvgIpc) is 2.82. The van der Waals surface area contributed by atoms with Gasteiger partial charge in [-0.25, -0.2) is 0 Å². The zero-order chi connectivity index (χ0) is 24.3. The van der Waals surface area contributed by atoms with Gasteiger partial charge in [-0.05, 0) is 23.8 Å². The molecule has 0 aliphatic carbocycles. The smallest absolute Gasteiger partial charge is 0.283 e. The van der Waals surface area contributed by atoms with Crippen molar-refractivity contribution in [3.8, 4) is 0 Å². The van der Waals surface area contributed by atoms with Crippen molar-refractivity contribution in [1.82, 2.24) is 19.7 Å². The van der Waals surface area contributed by atoms with Crippen molar-refractivity contribution in [1.29, 1.82) is 0 Å². The molecule has 1 atom stereocenters. The van der Waals surface area contributed by atoms with E-state index in [1.807, 2.05) is 0 Å². The van der Waals surface area contributed by atoms with Crippen LogP contribution in [0.4, 0.5) is 5.69 Å². The summed E-state index contributed by atoms with van der Waals surface area (Å²) in [5.41, 5.74) is 0.495. The largest absolute Gasteiger partial charge is 0.347 e. The number of amides is 3. The van der Waals surface area contributed by atoms with E-state index in [0.717, 1.165) is 0 Å². The lowest BCUT2D eigenvalue weighted by Crippen LogP contribution is -2.61. The van der Waals surface area contributed by atoms with Gasteiger partial charge in [0.1, 0.15) is 6.04 Å². The summed E-state index contributed by atoms with van der Waals surface area (Å²) in [6, 6.07) is 6.45. The lowest BCUT2D eigenvalue weighted by atomic mass is 10.0. The molecule has 1 unspecified atom stereocenters. The fourth-order valence-electron chi connectivity index (χ4n) is 3.55. The molecule has 1 fully saturated rings. The first-order valence-corrected chi connectivity index (χ1v) is 10.4. The SMILES string of the molecule is C=C(C(=O)N1CCN(C(=O)c2ccncc2)C(C(=O)N(C)C)C1)c1ccc(S)c([N+](=O)[O-])c1. The minimum atomic E-state index is -0.889. The van der Waals surface area contributed by atoms with Crippen LogP contribution >= 0.6 is 12.6 Å². The first kappa shape index (κ1) is 23.9. The molecule has 0 bridgehead atoms. The summed E-state index contributed by atoms with van der Waals surface area (Å²) in [5, 5.41) is 11.2. The normalized spacial score (nSPS) is 15.7. The molecule has 3 amide bonds. The van der Waals surface area contributed by atoms with Crippen LogP contribution in [0, 0.1) is 10.1 Å². The number of nitro groups is 1. The summed E-state index contributed by atoms with van der Waals surface area (Å²) < 4.78 is 0. The van der Waals surface area contributed by atoms with E-state index in [1.165, 1.54) is 45.3 Å². The van der Waals surface area contributed by atoms with Crippen molar-refractivity contribution in [3.63, 3.8) is 0 Å². The van der Waals surface area contributed by atoms with E-state index in [1.54, 1.807) is 26.2 Å². The van der Waals surface area contributed by atoms with Gasteiger partial charge in [0.15, 0.2) is 0 Å². The molecule has 1 aromatic carbocycles. The highest BCUT2D eigenvalue weighted by molar-refractivity contribution is 7.80. The predicted molar refractivity (Wildman–Crippen MR) is 124 cm³/mol. The summed E-state index contributed by atoms with van der Waals surface area (Å²) >= 11 is 4.07. The molecule has 0 N–H and O–H groups in total. The number of nitro benzene ring substituents is 1. The van der Waals surface area contributed by atoms with Crippen LogP contribution < -0.4 is 0 Å². The summed E-state index contributed by atoms with van der Waals surface area (Å²) in [5.74, 6) is -1.12. The van der Waals surface area contributed by atoms with Crippen molar-refractivity contribution in [2.45, 2.75) is 10.9 Å². The van der Waals surface area contributed by atoms with Crippen molar-refractivity contribution >= 4 is 41.6 Å². The van der Waals surface area contributed by atoms with Crippen LogP contribution in [-0.2, 0) is 9.59 Å². The first-order chi connectivity index (χ1) is 15.6. The van der Waals surface area contributed by atoms with Crippen LogP contribution in [0.25, 0.3) is 5.57 Å². The maximum absolute atomic E-state index is 13.1. The van der Waals surface area contributed by atoms with Crippen LogP contribution in [-0.4, -0.2) is 82.1 Å². The van der Waals surface area contributed by atoms with E-state index in [-0.39, 0.29) is 53.2 Å². The molecule has 2 heterocycles. The van der Waals surface area contributed by atoms with Crippen LogP contribution in [0.15, 0.2) is 54.2 Å². The molecule has 0 radical (unpaired) electrons. The van der Waals surface area contributed by atoms with Crippen LogP contribution in [0.2, 0.25) is 0 Å². The summed E-state index contributed by atoms with van der Waals surface area (Å²) in [7, 11) is 3.16. The Balaban J connectivity index is 1.84. The first-order valence-electron chi connectivity index (χ1n) is 10.00. The number of pyridine rings is 1. The van der Waals surface area contributed by atoms with Gasteiger partial charge in [0.2, 0.25) is 5.91 Å². The third-order valence-electron chi connectivity index (χ3n) is 5.36. The number of carbonyl (C=O) groups is 3. The van der Waals surface area contributed by atoms with E-state index < -0.39 is 16.9 Å². The molecule has 10 nitrogen and oxygen atoms in total. The molecule has 2 aromatic rings. The zero-order valence-corrected chi connectivity index (χ0v) is 19.1. The second-order valence-corrected chi connectivity index (χ2v) is 8.16. The Morgan fingerprint density at radius 3 is 2.42 bits per heavy atom. The molecule has 172 valence electrons. The lowest BCUT2D eigenvalue weighted by molar-refractivity contribution is -0.387. The topological polar surface area (TPSA) is 117 Å². The monoisotopic (exact) mass is 469 g/mol. The Hall–Kier alpha value is -3.73. The fourth-order valence-corrected chi connectivity index (χ4v) is 3.77. The van der Waals surface area contributed by atoms with Crippen molar-refractivity contribution in [2.75, 3.05) is 33.7 Å². The number of aromatic nitrogens is 1. The molecule has 1 saturated heterocycles. The number of hydrogen-bond donors (Lipinski definition) is 1. The zero-order valence-electron chi connectivity index (χ0n) is 18.2. The van der Waals surface area contributed by atoms with Crippen LogP contribution in [0.5, 0.6) is 0 Å². The number of piperazine rings is 1. The molecule has 3 rings (SSSR count). The fraction of sp³-hybridized carbons (Fsp3) is 0.273. The van der Waals surface area contributed by atoms with E-state index in [4.69, 9.17) is 0 Å². The van der Waals surface area contributed by atoms with Gasteiger partial charge in [-0.1, -0.05) is 12.6 Å². The molecule has 33 heavy (non-hydrogen) atoms. The molecular formula is C22H23N5O5S. The molecule has 0 spiro atoms. The molecule has 1 aliphatic rings. The Morgan fingerprint density at radius 1 is 1.15 bits per heavy atom. The summed E-state index contributed by atoms with van der Waals surface area (Å²) in [6.45, 7) is 4.10. The summed E-state index contributed by atoms with van der Waals surface area (Å²) in [6.07, 6.45) is 2.99. The van der Waals surface area contributed by atoms with Gasteiger partial charge in [0, 0.05) is 56.8 Å². The maximum atomic E-state index is 13.1. The Bertz CT molecular complexity index is 1120. The van der Waals surface area contributed by atoms with Gasteiger partial charge in [-0.2, -0.15) is 0 Å². The third kappa shape index (κ3) is 5.03. The van der Waals surface area contributed by atoms with Crippen molar-refractivity contribution < 1.29 is 19.3 Å². The van der Waals surface area contributed by atoms with Crippen molar-refractivity contribution in [3.05, 3.63) is 70.5 Å². The molecular weight excluding hydrogens is 446 g/mol.